The van der Waals surface area contributed by atoms with E-state index in [-0.39, 0.29) is 22.3 Å². The quantitative estimate of drug-likeness (QED) is 0.0578. The van der Waals surface area contributed by atoms with Gasteiger partial charge in [0.05, 0.1) is 25.1 Å². The van der Waals surface area contributed by atoms with Gasteiger partial charge in [0.2, 0.25) is 0 Å². The molecule has 1 N–H and O–H groups in total. The van der Waals surface area contributed by atoms with E-state index in [0.717, 1.165) is 27.1 Å². The lowest BCUT2D eigenvalue weighted by atomic mass is 9.77. The number of carbonyl (C=O) groups is 3. The van der Waals surface area contributed by atoms with Crippen LogP contribution in [-0.4, -0.2) is 85.1 Å². The van der Waals surface area contributed by atoms with Gasteiger partial charge >= 0.3 is 17.9 Å². The Hall–Kier alpha value is -4.75. The number of hydrogen-bond donors (Lipinski definition) is 1. The second kappa shape index (κ2) is 17.0. The molecule has 1 aliphatic carbocycles. The second-order valence-corrected chi connectivity index (χ2v) is 29.7. The van der Waals surface area contributed by atoms with Gasteiger partial charge in [-0.3, -0.25) is 19.0 Å². The van der Waals surface area contributed by atoms with Crippen LogP contribution in [0, 0.1) is 6.92 Å². The Bertz CT molecular complexity index is 2560. The number of carbonyl (C=O) groups excluding carboxylic acids is 3. The van der Waals surface area contributed by atoms with Gasteiger partial charge in [0.1, 0.15) is 18.7 Å². The number of aromatic nitrogens is 4. The van der Waals surface area contributed by atoms with E-state index in [1.165, 1.54) is 27.1 Å². The molecule has 14 nitrogen and oxygen atoms in total. The monoisotopic (exact) mass is 897 g/mol. The zero-order chi connectivity index (χ0) is 46.0. The molecule has 0 spiro atoms. The lowest BCUT2D eigenvalue weighted by Gasteiger charge is -2.43. The minimum absolute atomic E-state index is 0.0171. The van der Waals surface area contributed by atoms with Gasteiger partial charge in [-0.2, -0.15) is 0 Å². The summed E-state index contributed by atoms with van der Waals surface area (Å²) in [6.07, 6.45) is -0.799. The molecule has 1 saturated heterocycles. The van der Waals surface area contributed by atoms with Gasteiger partial charge in [0.25, 0.3) is 0 Å². The highest BCUT2D eigenvalue weighted by Gasteiger charge is 2.51. The van der Waals surface area contributed by atoms with E-state index in [4.69, 9.17) is 42.8 Å². The molecular formula is C47H63N5O9Si2. The standard InChI is InChI=1S/C47H63N5O9Si2/c1-26-21-30-17-15-16-18-31(30)32-19-20-33-38(37(26)32)39(42(58-28(3)54)43(59-29(4)55)41(33)57-27(2)53)51-44-40-45(49-24-48-44)52(25-50-40)36-22-34(61-63(13,14)47(8,9)10)35(60-36)23-56-62(11,12)46(5,6)7/h15-21,24-25,34-36,39,41-43H,22-23H2,1-14H3,(H,48,49,51)/t34-,35+,36+,39+,41-,42-,43+/m0/s1. The van der Waals surface area contributed by atoms with Gasteiger partial charge in [-0.05, 0) is 75.9 Å². The van der Waals surface area contributed by atoms with E-state index < -0.39 is 65.1 Å². The van der Waals surface area contributed by atoms with Crippen molar-refractivity contribution in [2.45, 2.75) is 155 Å². The Morgan fingerprint density at radius 1 is 0.825 bits per heavy atom. The fourth-order valence-corrected chi connectivity index (χ4v) is 10.8. The van der Waals surface area contributed by atoms with E-state index in [0.29, 0.717) is 41.1 Å². The number of fused-ring (bicyclic) bond motifs is 6. The van der Waals surface area contributed by atoms with Crippen LogP contribution in [0.15, 0.2) is 55.1 Å². The van der Waals surface area contributed by atoms with Crippen LogP contribution in [0.25, 0.3) is 32.7 Å². The Morgan fingerprint density at radius 3 is 2.13 bits per heavy atom. The van der Waals surface area contributed by atoms with Gasteiger partial charge in [-0.25, -0.2) is 15.0 Å². The van der Waals surface area contributed by atoms with Gasteiger partial charge in [0.15, 0.2) is 51.9 Å². The largest absolute Gasteiger partial charge is 0.456 e. The molecule has 16 heteroatoms. The fraction of sp³-hybridized carbons (Fsp3) is 0.532. The summed E-state index contributed by atoms with van der Waals surface area (Å²) in [5.41, 5.74) is 3.21. The molecule has 3 heterocycles. The maximum atomic E-state index is 13.0. The minimum Gasteiger partial charge on any atom is -0.456 e. The van der Waals surface area contributed by atoms with Crippen molar-refractivity contribution in [3.63, 3.8) is 0 Å². The third-order valence-corrected chi connectivity index (χ3v) is 22.6. The van der Waals surface area contributed by atoms with Crippen LogP contribution in [0.4, 0.5) is 5.82 Å². The highest BCUT2D eigenvalue weighted by molar-refractivity contribution is 6.74. The smallest absolute Gasteiger partial charge is 0.303 e. The number of rotatable bonds is 11. The van der Waals surface area contributed by atoms with Crippen molar-refractivity contribution in [3.8, 4) is 0 Å². The Labute approximate surface area is 372 Å². The van der Waals surface area contributed by atoms with E-state index in [1.54, 1.807) is 6.33 Å². The molecule has 0 saturated carbocycles. The average molecular weight is 898 g/mol. The first-order chi connectivity index (χ1) is 29.4. The van der Waals surface area contributed by atoms with Crippen LogP contribution >= 0.6 is 0 Å². The summed E-state index contributed by atoms with van der Waals surface area (Å²) in [7, 11) is -4.34. The summed E-state index contributed by atoms with van der Waals surface area (Å²) in [6, 6.07) is 13.2. The Morgan fingerprint density at radius 2 is 1.48 bits per heavy atom. The van der Waals surface area contributed by atoms with E-state index in [9.17, 15) is 14.4 Å². The molecule has 3 aromatic carbocycles. The number of esters is 3. The molecule has 1 fully saturated rings. The SMILES string of the molecule is CC(=O)O[C@@H]1[C@H](OC(C)=O)[C@@H](OC(C)=O)c2ccc3c(c(C)cc4ccccc43)c2[C@H]1Nc1ncnc2c1ncn2[C@H]1C[C@H](O[Si](C)(C)C(C)(C)C)[C@@H](CO[Si](C)(C)C(C)(C)C)O1. The highest BCUT2D eigenvalue weighted by atomic mass is 28.4. The summed E-state index contributed by atoms with van der Waals surface area (Å²) in [5, 5.41) is 7.47. The number of hydrogen-bond acceptors (Lipinski definition) is 13. The van der Waals surface area contributed by atoms with Crippen molar-refractivity contribution in [1.29, 1.82) is 0 Å². The number of imidazole rings is 1. The third kappa shape index (κ3) is 9.01. The first kappa shape index (κ1) is 46.3. The molecule has 0 amide bonds. The number of nitrogens with zero attached hydrogens (tertiary/aromatic N) is 4. The molecule has 7 rings (SSSR count). The van der Waals surface area contributed by atoms with Crippen molar-refractivity contribution >= 4 is 73.1 Å². The van der Waals surface area contributed by atoms with E-state index >= 15 is 0 Å². The summed E-state index contributed by atoms with van der Waals surface area (Å²) in [5.74, 6) is -1.49. The zero-order valence-electron chi connectivity index (χ0n) is 39.1. The lowest BCUT2D eigenvalue weighted by molar-refractivity contribution is -0.187. The predicted octanol–water partition coefficient (Wildman–Crippen LogP) is 9.78. The molecule has 1 aliphatic heterocycles. The van der Waals surface area contributed by atoms with Crippen LogP contribution in [0.5, 0.6) is 0 Å². The summed E-state index contributed by atoms with van der Waals surface area (Å²) in [6.45, 7) is 28.6. The topological polar surface area (TPSA) is 162 Å². The molecule has 0 radical (unpaired) electrons. The van der Waals surface area contributed by atoms with Gasteiger partial charge in [-0.15, -0.1) is 0 Å². The number of ether oxygens (including phenoxy) is 4. The van der Waals surface area contributed by atoms with Crippen molar-refractivity contribution in [1.82, 2.24) is 19.5 Å². The van der Waals surface area contributed by atoms with Crippen LogP contribution in [0.2, 0.25) is 36.3 Å². The second-order valence-electron chi connectivity index (χ2n) is 20.1. The summed E-state index contributed by atoms with van der Waals surface area (Å²) >= 11 is 0. The van der Waals surface area contributed by atoms with Crippen LogP contribution in [0.3, 0.4) is 0 Å². The van der Waals surface area contributed by atoms with Gasteiger partial charge in [-0.1, -0.05) is 84.0 Å². The molecule has 2 aromatic heterocycles. The molecule has 2 aliphatic rings. The average Bonchev–Trinajstić information content (AvgIpc) is 3.79. The van der Waals surface area contributed by atoms with Crippen molar-refractivity contribution in [2.75, 3.05) is 11.9 Å². The van der Waals surface area contributed by atoms with Crippen LogP contribution in [-0.2, 0) is 42.2 Å². The van der Waals surface area contributed by atoms with Crippen LogP contribution in [0.1, 0.15) is 104 Å². The van der Waals surface area contributed by atoms with Crippen molar-refractivity contribution in [3.05, 3.63) is 71.8 Å². The molecule has 7 atom stereocenters. The number of benzene rings is 3. The number of anilines is 1. The third-order valence-electron chi connectivity index (χ3n) is 13.6. The Balaban J connectivity index is 1.34. The van der Waals surface area contributed by atoms with E-state index in [1.807, 2.05) is 35.8 Å². The number of nitrogens with one attached hydrogen (secondary N) is 1. The maximum absolute atomic E-state index is 13.0. The fourth-order valence-electron chi connectivity index (χ4n) is 8.38. The first-order valence-corrected chi connectivity index (χ1v) is 27.6. The Kier molecular flexibility index (Phi) is 12.5. The normalized spacial score (nSPS) is 23.2. The summed E-state index contributed by atoms with van der Waals surface area (Å²) in [4.78, 5) is 52.9. The summed E-state index contributed by atoms with van der Waals surface area (Å²) < 4.78 is 40.6. The molecule has 63 heavy (non-hydrogen) atoms. The molecule has 338 valence electrons. The predicted molar refractivity (Wildman–Crippen MR) is 247 cm³/mol. The maximum Gasteiger partial charge on any atom is 0.303 e. The molecule has 0 bridgehead atoms. The van der Waals surface area contributed by atoms with Gasteiger partial charge in [0, 0.05) is 32.8 Å². The zero-order valence-corrected chi connectivity index (χ0v) is 41.1. The first-order valence-electron chi connectivity index (χ1n) is 21.8. The van der Waals surface area contributed by atoms with Crippen LogP contribution < -0.4 is 5.32 Å². The molecule has 0 unspecified atom stereocenters. The van der Waals surface area contributed by atoms with Crippen molar-refractivity contribution in [2.24, 2.45) is 0 Å². The highest BCUT2D eigenvalue weighted by Crippen LogP contribution is 2.49. The minimum atomic E-state index is -2.22. The van der Waals surface area contributed by atoms with Crippen molar-refractivity contribution < 1.29 is 42.2 Å². The molecule has 5 aromatic rings. The lowest BCUT2D eigenvalue weighted by Crippen LogP contribution is -2.50. The van der Waals surface area contributed by atoms with E-state index in [2.05, 4.69) is 91.2 Å². The number of aryl methyl sites for hydroxylation is 1. The molecular weight excluding hydrogens is 835 g/mol. The van der Waals surface area contributed by atoms with Gasteiger partial charge < -0.3 is 33.1 Å².